The number of nitrogens with one attached hydrogen (secondary N) is 1. The van der Waals surface area contributed by atoms with Gasteiger partial charge in [0.05, 0.1) is 6.42 Å². The zero-order valence-electron chi connectivity index (χ0n) is 16.2. The summed E-state index contributed by atoms with van der Waals surface area (Å²) in [5.41, 5.74) is 1.87. The lowest BCUT2D eigenvalue weighted by Crippen LogP contribution is -2.47. The lowest BCUT2D eigenvalue weighted by molar-refractivity contribution is -0.134. The van der Waals surface area contributed by atoms with E-state index in [1.165, 1.54) is 0 Å². The molecule has 0 spiro atoms. The fourth-order valence-electron chi connectivity index (χ4n) is 3.35. The number of amides is 2. The van der Waals surface area contributed by atoms with Crippen molar-refractivity contribution in [1.29, 1.82) is 0 Å². The van der Waals surface area contributed by atoms with Gasteiger partial charge in [-0.05, 0) is 61.4 Å². The van der Waals surface area contributed by atoms with Gasteiger partial charge in [0.1, 0.15) is 5.75 Å². The molecule has 1 aromatic carbocycles. The molecule has 1 aliphatic heterocycles. The maximum atomic E-state index is 12.4. The lowest BCUT2D eigenvalue weighted by Gasteiger charge is -2.32. The number of hydrogen-bond acceptors (Lipinski definition) is 4. The van der Waals surface area contributed by atoms with Gasteiger partial charge in [-0.15, -0.1) is 11.3 Å². The smallest absolute Gasteiger partial charge is 0.260 e. The van der Waals surface area contributed by atoms with E-state index in [-0.39, 0.29) is 24.5 Å². The quantitative estimate of drug-likeness (QED) is 0.774. The molecule has 1 N–H and O–H groups in total. The van der Waals surface area contributed by atoms with Crippen molar-refractivity contribution in [2.75, 3.05) is 19.7 Å². The van der Waals surface area contributed by atoms with Crippen LogP contribution in [0.1, 0.15) is 28.8 Å². The molecule has 2 aromatic rings. The second-order valence-electron chi connectivity index (χ2n) is 7.14. The fourth-order valence-corrected chi connectivity index (χ4v) is 4.16. The van der Waals surface area contributed by atoms with E-state index in [0.29, 0.717) is 25.3 Å². The summed E-state index contributed by atoms with van der Waals surface area (Å²) < 4.78 is 5.67. The SMILES string of the molecule is Cc1cc(OCC(=O)N2CCC(NC(=O)Cc3cccs3)CC2)cc(C)c1Cl. The molecule has 3 rings (SSSR count). The van der Waals surface area contributed by atoms with E-state index >= 15 is 0 Å². The number of halogens is 1. The normalized spacial score (nSPS) is 14.8. The third-order valence-electron chi connectivity index (χ3n) is 4.90. The molecule has 7 heteroatoms. The maximum absolute atomic E-state index is 12.4. The predicted molar refractivity (Wildman–Crippen MR) is 112 cm³/mol. The Morgan fingerprint density at radius 1 is 1.25 bits per heavy atom. The predicted octanol–water partition coefficient (Wildman–Crippen LogP) is 3.75. The van der Waals surface area contributed by atoms with Gasteiger partial charge >= 0.3 is 0 Å². The minimum Gasteiger partial charge on any atom is -0.484 e. The van der Waals surface area contributed by atoms with Crippen LogP contribution in [0.4, 0.5) is 0 Å². The van der Waals surface area contributed by atoms with E-state index in [0.717, 1.165) is 33.9 Å². The minimum atomic E-state index is -0.0337. The average Bonchev–Trinajstić information content (AvgIpc) is 3.17. The third kappa shape index (κ3) is 5.49. The van der Waals surface area contributed by atoms with Gasteiger partial charge in [-0.2, -0.15) is 0 Å². The van der Waals surface area contributed by atoms with Crippen molar-refractivity contribution in [2.45, 2.75) is 39.2 Å². The molecule has 0 radical (unpaired) electrons. The Bertz CT molecular complexity index is 807. The highest BCUT2D eigenvalue weighted by atomic mass is 35.5. The van der Waals surface area contributed by atoms with Crippen LogP contribution in [0.15, 0.2) is 29.6 Å². The molecule has 2 heterocycles. The molecule has 1 fully saturated rings. The van der Waals surface area contributed by atoms with E-state index in [1.807, 2.05) is 43.5 Å². The molecule has 0 aliphatic carbocycles. The molecule has 0 unspecified atom stereocenters. The number of aryl methyl sites for hydroxylation is 2. The van der Waals surface area contributed by atoms with Crippen LogP contribution >= 0.6 is 22.9 Å². The van der Waals surface area contributed by atoms with E-state index in [1.54, 1.807) is 16.2 Å². The number of thiophene rings is 1. The van der Waals surface area contributed by atoms with Crippen LogP contribution < -0.4 is 10.1 Å². The Kier molecular flexibility index (Phi) is 6.97. The van der Waals surface area contributed by atoms with Crippen molar-refractivity contribution >= 4 is 34.8 Å². The summed E-state index contributed by atoms with van der Waals surface area (Å²) in [6, 6.07) is 7.73. The summed E-state index contributed by atoms with van der Waals surface area (Å²) in [6.45, 7) is 5.11. The van der Waals surface area contributed by atoms with Crippen LogP contribution in [-0.4, -0.2) is 42.5 Å². The molecule has 0 saturated carbocycles. The molecule has 1 aliphatic rings. The van der Waals surface area contributed by atoms with Crippen LogP contribution in [0.5, 0.6) is 5.75 Å². The van der Waals surface area contributed by atoms with E-state index in [4.69, 9.17) is 16.3 Å². The van der Waals surface area contributed by atoms with Crippen LogP contribution in [0.25, 0.3) is 0 Å². The fraction of sp³-hybridized carbons (Fsp3) is 0.429. The van der Waals surface area contributed by atoms with Gasteiger partial charge in [0, 0.05) is 29.0 Å². The maximum Gasteiger partial charge on any atom is 0.260 e. The molecular formula is C21H25ClN2O3S. The first-order chi connectivity index (χ1) is 13.4. The van der Waals surface area contributed by atoms with Gasteiger partial charge in [-0.25, -0.2) is 0 Å². The van der Waals surface area contributed by atoms with E-state index in [2.05, 4.69) is 5.32 Å². The number of hydrogen-bond donors (Lipinski definition) is 1. The third-order valence-corrected chi connectivity index (χ3v) is 6.37. The highest BCUT2D eigenvalue weighted by molar-refractivity contribution is 7.10. The summed E-state index contributed by atoms with van der Waals surface area (Å²) in [5, 5.41) is 5.78. The Morgan fingerprint density at radius 2 is 1.93 bits per heavy atom. The Balaban J connectivity index is 1.41. The second-order valence-corrected chi connectivity index (χ2v) is 8.55. The first-order valence-electron chi connectivity index (χ1n) is 9.41. The molecule has 1 aromatic heterocycles. The van der Waals surface area contributed by atoms with Crippen molar-refractivity contribution in [3.8, 4) is 5.75 Å². The number of nitrogens with zero attached hydrogens (tertiary/aromatic N) is 1. The summed E-state index contributed by atoms with van der Waals surface area (Å²) in [7, 11) is 0. The number of likely N-dealkylation sites (tertiary alicyclic amines) is 1. The van der Waals surface area contributed by atoms with Crippen molar-refractivity contribution in [1.82, 2.24) is 10.2 Å². The topological polar surface area (TPSA) is 58.6 Å². The van der Waals surface area contributed by atoms with E-state index < -0.39 is 0 Å². The summed E-state index contributed by atoms with van der Waals surface area (Å²) in [4.78, 5) is 27.4. The van der Waals surface area contributed by atoms with Crippen molar-refractivity contribution in [3.05, 3.63) is 50.7 Å². The number of rotatable bonds is 6. The highest BCUT2D eigenvalue weighted by Gasteiger charge is 2.24. The van der Waals surface area contributed by atoms with Crippen molar-refractivity contribution in [2.24, 2.45) is 0 Å². The first kappa shape index (κ1) is 20.7. The first-order valence-corrected chi connectivity index (χ1v) is 10.7. The Morgan fingerprint density at radius 3 is 2.54 bits per heavy atom. The monoisotopic (exact) mass is 420 g/mol. The Hall–Kier alpha value is -2.05. The van der Waals surface area contributed by atoms with Crippen molar-refractivity contribution in [3.63, 3.8) is 0 Å². The molecule has 1 saturated heterocycles. The zero-order valence-corrected chi connectivity index (χ0v) is 17.7. The molecule has 0 bridgehead atoms. The van der Waals surface area contributed by atoms with Gasteiger partial charge in [-0.1, -0.05) is 17.7 Å². The van der Waals surface area contributed by atoms with Crippen molar-refractivity contribution < 1.29 is 14.3 Å². The summed E-state index contributed by atoms with van der Waals surface area (Å²) >= 11 is 7.75. The minimum absolute atomic E-state index is 0.00984. The number of carbonyl (C=O) groups is 2. The molecule has 0 atom stereocenters. The molecule has 150 valence electrons. The van der Waals surface area contributed by atoms with E-state index in [9.17, 15) is 9.59 Å². The number of carbonyl (C=O) groups excluding carboxylic acids is 2. The van der Waals surface area contributed by atoms with Gasteiger partial charge in [-0.3, -0.25) is 9.59 Å². The van der Waals surface area contributed by atoms with Crippen LogP contribution in [-0.2, 0) is 16.0 Å². The number of benzene rings is 1. The summed E-state index contributed by atoms with van der Waals surface area (Å²) in [5.74, 6) is 0.668. The molecular weight excluding hydrogens is 396 g/mol. The number of ether oxygens (including phenoxy) is 1. The molecule has 2 amide bonds. The van der Waals surface area contributed by atoms with Crippen LogP contribution in [0.2, 0.25) is 5.02 Å². The lowest BCUT2D eigenvalue weighted by atomic mass is 10.0. The van der Waals surface area contributed by atoms with Gasteiger partial charge < -0.3 is 15.0 Å². The average molecular weight is 421 g/mol. The summed E-state index contributed by atoms with van der Waals surface area (Å²) in [6.07, 6.45) is 1.95. The highest BCUT2D eigenvalue weighted by Crippen LogP contribution is 2.26. The largest absolute Gasteiger partial charge is 0.484 e. The molecule has 28 heavy (non-hydrogen) atoms. The second kappa shape index (κ2) is 9.43. The van der Waals surface area contributed by atoms with Crippen LogP contribution in [0, 0.1) is 13.8 Å². The number of piperidine rings is 1. The van der Waals surface area contributed by atoms with Gasteiger partial charge in [0.2, 0.25) is 5.91 Å². The zero-order chi connectivity index (χ0) is 20.1. The standard InChI is InChI=1S/C21H25ClN2O3S/c1-14-10-17(11-15(2)21(14)22)27-13-20(26)24-7-5-16(6-8-24)23-19(25)12-18-4-3-9-28-18/h3-4,9-11,16H,5-8,12-13H2,1-2H3,(H,23,25). The van der Waals surface area contributed by atoms with Crippen LogP contribution in [0.3, 0.4) is 0 Å². The van der Waals surface area contributed by atoms with Gasteiger partial charge in [0.15, 0.2) is 6.61 Å². The molecule has 5 nitrogen and oxygen atoms in total. The Labute approximate surface area is 174 Å². The van der Waals surface area contributed by atoms with Gasteiger partial charge in [0.25, 0.3) is 5.91 Å².